The molecule has 0 radical (unpaired) electrons. The van der Waals surface area contributed by atoms with E-state index in [-0.39, 0.29) is 5.91 Å². The Morgan fingerprint density at radius 2 is 1.74 bits per heavy atom. The second kappa shape index (κ2) is 11.0. The normalized spacial score (nSPS) is 17.1. The molecule has 8 nitrogen and oxygen atoms in total. The minimum Gasteiger partial charge on any atom is -0.378 e. The topological polar surface area (TPSA) is 88.6 Å². The molecule has 1 amide bonds. The van der Waals surface area contributed by atoms with Crippen molar-refractivity contribution in [2.75, 3.05) is 49.7 Å². The summed E-state index contributed by atoms with van der Waals surface area (Å²) >= 11 is 6.44. The Bertz CT molecular complexity index is 1180. The number of anilines is 3. The zero-order chi connectivity index (χ0) is 24.0. The molecule has 3 aromatic rings. The second-order valence-corrected chi connectivity index (χ2v) is 9.00. The van der Waals surface area contributed by atoms with Gasteiger partial charge in [0.25, 0.3) is 5.91 Å². The lowest BCUT2D eigenvalue weighted by atomic mass is 10.1. The summed E-state index contributed by atoms with van der Waals surface area (Å²) in [7, 11) is 0. The number of morpholine rings is 1. The number of fused-ring (bicyclic) bond motifs is 9. The zero-order valence-electron chi connectivity index (χ0n) is 19.4. The Morgan fingerprint density at radius 3 is 2.57 bits per heavy atom. The summed E-state index contributed by atoms with van der Waals surface area (Å²) in [6, 6.07) is 13.6. The molecular formula is C26H28ClN5O3. The maximum atomic E-state index is 12.5. The summed E-state index contributed by atoms with van der Waals surface area (Å²) in [5, 5.41) is 6.75. The van der Waals surface area contributed by atoms with Crippen LogP contribution in [0.3, 0.4) is 0 Å². The molecule has 1 fully saturated rings. The molecule has 3 aliphatic heterocycles. The lowest BCUT2D eigenvalue weighted by Gasteiger charge is -2.29. The SMILES string of the molecule is O=C1NCCCCOCc2cc(cc(N3CCOCC3)c2)Nc2ncc(Cl)c(n2)-c2ccc1cc2. The van der Waals surface area contributed by atoms with E-state index < -0.39 is 0 Å². The molecular weight excluding hydrogens is 466 g/mol. The molecule has 35 heavy (non-hydrogen) atoms. The van der Waals surface area contributed by atoms with Crippen molar-refractivity contribution in [3.8, 4) is 11.3 Å². The Hall–Kier alpha value is -3.20. The number of ether oxygens (including phenoxy) is 2. The lowest BCUT2D eigenvalue weighted by Crippen LogP contribution is -2.36. The summed E-state index contributed by atoms with van der Waals surface area (Å²) in [4.78, 5) is 23.8. The average molecular weight is 494 g/mol. The van der Waals surface area contributed by atoms with Gasteiger partial charge < -0.3 is 25.0 Å². The van der Waals surface area contributed by atoms with Gasteiger partial charge in [0.2, 0.25) is 5.95 Å². The molecule has 0 saturated carbocycles. The average Bonchev–Trinajstić information content (AvgIpc) is 2.89. The number of hydrogen-bond acceptors (Lipinski definition) is 7. The van der Waals surface area contributed by atoms with E-state index in [1.165, 1.54) is 0 Å². The van der Waals surface area contributed by atoms with Crippen LogP contribution in [0.2, 0.25) is 5.02 Å². The number of carbonyl (C=O) groups excluding carboxylic acids is 1. The number of halogens is 1. The van der Waals surface area contributed by atoms with E-state index in [4.69, 9.17) is 21.1 Å². The van der Waals surface area contributed by atoms with Gasteiger partial charge in [-0.3, -0.25) is 4.79 Å². The van der Waals surface area contributed by atoms with Gasteiger partial charge in [0.15, 0.2) is 0 Å². The fourth-order valence-electron chi connectivity index (χ4n) is 4.20. The first kappa shape index (κ1) is 23.5. The smallest absolute Gasteiger partial charge is 0.251 e. The monoisotopic (exact) mass is 493 g/mol. The molecule has 0 atom stereocenters. The molecule has 0 aliphatic carbocycles. The first-order valence-electron chi connectivity index (χ1n) is 11.9. The zero-order valence-corrected chi connectivity index (χ0v) is 20.2. The third kappa shape index (κ3) is 5.90. The van der Waals surface area contributed by atoms with Gasteiger partial charge in [0, 0.05) is 48.7 Å². The number of carbonyl (C=O) groups is 1. The van der Waals surface area contributed by atoms with Crippen LogP contribution in [0.15, 0.2) is 48.7 Å². The van der Waals surface area contributed by atoms with E-state index in [0.29, 0.717) is 55.2 Å². The summed E-state index contributed by atoms with van der Waals surface area (Å²) in [6.07, 6.45) is 3.30. The second-order valence-electron chi connectivity index (χ2n) is 8.60. The highest BCUT2D eigenvalue weighted by Crippen LogP contribution is 2.29. The van der Waals surface area contributed by atoms with E-state index in [2.05, 4.69) is 43.7 Å². The quantitative estimate of drug-likeness (QED) is 0.518. The summed E-state index contributed by atoms with van der Waals surface area (Å²) < 4.78 is 11.5. The maximum Gasteiger partial charge on any atom is 0.251 e. The van der Waals surface area contributed by atoms with E-state index in [1.54, 1.807) is 18.3 Å². The molecule has 2 N–H and O–H groups in total. The molecule has 9 heteroatoms. The van der Waals surface area contributed by atoms with Gasteiger partial charge >= 0.3 is 0 Å². The fraction of sp³-hybridized carbons (Fsp3) is 0.346. The number of nitrogens with zero attached hydrogens (tertiary/aromatic N) is 3. The molecule has 6 rings (SSSR count). The third-order valence-electron chi connectivity index (χ3n) is 6.04. The first-order chi connectivity index (χ1) is 17.2. The van der Waals surface area contributed by atoms with Gasteiger partial charge in [-0.1, -0.05) is 23.7 Å². The van der Waals surface area contributed by atoms with Crippen LogP contribution in [0.1, 0.15) is 28.8 Å². The van der Waals surface area contributed by atoms with Gasteiger partial charge in [-0.2, -0.15) is 0 Å². The van der Waals surface area contributed by atoms with Crippen LogP contribution < -0.4 is 15.5 Å². The van der Waals surface area contributed by atoms with Crippen molar-refractivity contribution >= 4 is 34.8 Å². The van der Waals surface area contributed by atoms with E-state index >= 15 is 0 Å². The van der Waals surface area contributed by atoms with Gasteiger partial charge in [-0.15, -0.1) is 0 Å². The van der Waals surface area contributed by atoms with Crippen LogP contribution in [0.5, 0.6) is 0 Å². The van der Waals surface area contributed by atoms with E-state index in [1.807, 2.05) is 12.1 Å². The molecule has 1 saturated heterocycles. The number of hydrogen-bond donors (Lipinski definition) is 2. The molecule has 2 aromatic carbocycles. The number of nitrogens with one attached hydrogen (secondary N) is 2. The van der Waals surface area contributed by atoms with Gasteiger partial charge in [0.05, 0.1) is 36.7 Å². The molecule has 1 aromatic heterocycles. The number of amides is 1. The molecule has 0 spiro atoms. The highest BCUT2D eigenvalue weighted by atomic mass is 35.5. The van der Waals surface area contributed by atoms with Crippen LogP contribution in [0, 0.1) is 0 Å². The van der Waals surface area contributed by atoms with Crippen molar-refractivity contribution in [1.82, 2.24) is 15.3 Å². The largest absolute Gasteiger partial charge is 0.378 e. The van der Waals surface area contributed by atoms with Crippen molar-refractivity contribution in [2.24, 2.45) is 0 Å². The number of benzene rings is 2. The van der Waals surface area contributed by atoms with Crippen molar-refractivity contribution in [3.05, 3.63) is 64.8 Å². The minimum atomic E-state index is -0.0989. The van der Waals surface area contributed by atoms with Crippen LogP contribution in [0.4, 0.5) is 17.3 Å². The Balaban J connectivity index is 1.49. The third-order valence-corrected chi connectivity index (χ3v) is 6.32. The Kier molecular flexibility index (Phi) is 7.42. The van der Waals surface area contributed by atoms with Crippen molar-refractivity contribution in [1.29, 1.82) is 0 Å². The fourth-order valence-corrected chi connectivity index (χ4v) is 4.40. The predicted octanol–water partition coefficient (Wildman–Crippen LogP) is 4.42. The van der Waals surface area contributed by atoms with Gasteiger partial charge in [-0.25, -0.2) is 9.97 Å². The van der Waals surface area contributed by atoms with Crippen molar-refractivity contribution in [3.63, 3.8) is 0 Å². The van der Waals surface area contributed by atoms with Crippen LogP contribution >= 0.6 is 11.6 Å². The van der Waals surface area contributed by atoms with E-state index in [9.17, 15) is 4.79 Å². The molecule has 182 valence electrons. The van der Waals surface area contributed by atoms with Crippen LogP contribution in [-0.2, 0) is 16.1 Å². The standard InChI is InChI=1S/C26H28ClN5O3/c27-23-16-29-26-30-21-13-18(14-22(15-21)32-8-11-34-12-9-32)17-35-10-2-1-7-28-25(33)20-5-3-19(4-6-20)24(23)31-26/h3-6,13-16H,1-2,7-12,17H2,(H,28,33)(H,29,30,31). The summed E-state index contributed by atoms with van der Waals surface area (Å²) in [6.45, 7) is 4.82. The van der Waals surface area contributed by atoms with Crippen LogP contribution in [-0.4, -0.2) is 55.3 Å². The van der Waals surface area contributed by atoms with Gasteiger partial charge in [0.1, 0.15) is 0 Å². The number of aromatic nitrogens is 2. The summed E-state index contributed by atoms with van der Waals surface area (Å²) in [5.41, 5.74) is 5.05. The molecule has 3 aliphatic rings. The highest BCUT2D eigenvalue weighted by Gasteiger charge is 2.15. The molecule has 0 unspecified atom stereocenters. The van der Waals surface area contributed by atoms with Crippen molar-refractivity contribution < 1.29 is 14.3 Å². The molecule has 4 heterocycles. The number of rotatable bonds is 1. The maximum absolute atomic E-state index is 12.5. The Morgan fingerprint density at radius 1 is 0.943 bits per heavy atom. The minimum absolute atomic E-state index is 0.0989. The summed E-state index contributed by atoms with van der Waals surface area (Å²) in [5.74, 6) is 0.341. The Labute approximate surface area is 209 Å². The first-order valence-corrected chi connectivity index (χ1v) is 12.3. The molecule has 6 bridgehead atoms. The van der Waals surface area contributed by atoms with E-state index in [0.717, 1.165) is 48.4 Å². The van der Waals surface area contributed by atoms with Crippen LogP contribution in [0.25, 0.3) is 11.3 Å². The van der Waals surface area contributed by atoms with Crippen molar-refractivity contribution in [2.45, 2.75) is 19.4 Å². The lowest BCUT2D eigenvalue weighted by molar-refractivity contribution is 0.0946. The highest BCUT2D eigenvalue weighted by molar-refractivity contribution is 6.32. The van der Waals surface area contributed by atoms with Gasteiger partial charge in [-0.05, 0) is 48.7 Å². The predicted molar refractivity (Wildman–Crippen MR) is 136 cm³/mol.